The van der Waals surface area contributed by atoms with Crippen LogP contribution in [0.25, 0.3) is 0 Å². The normalized spacial score (nSPS) is 13.7. The molecule has 0 aromatic heterocycles. The summed E-state index contributed by atoms with van der Waals surface area (Å²) in [4.78, 5) is 22.4. The third kappa shape index (κ3) is 36.3. The number of phosphoric acid groups is 1. The van der Waals surface area contributed by atoms with E-state index < -0.39 is 13.9 Å². The Hall–Kier alpha value is -0.760. The first-order chi connectivity index (χ1) is 22.9. The molecule has 0 spiro atoms. The van der Waals surface area contributed by atoms with Crippen molar-refractivity contribution in [2.45, 2.75) is 193 Å². The Balaban J connectivity index is 4.04. The molecule has 0 saturated heterocycles. The lowest BCUT2D eigenvalue weighted by Crippen LogP contribution is -2.28. The number of phosphoric ester groups is 1. The van der Waals surface area contributed by atoms with Crippen molar-refractivity contribution in [3.8, 4) is 0 Å². The third-order valence-corrected chi connectivity index (χ3v) is 9.42. The van der Waals surface area contributed by atoms with Crippen LogP contribution in [0, 0.1) is 0 Å². The fourth-order valence-corrected chi connectivity index (χ4v) is 6.29. The van der Waals surface area contributed by atoms with Gasteiger partial charge in [0.25, 0.3) is 0 Å². The monoisotopic (exact) mass is 690 g/mol. The predicted molar refractivity (Wildman–Crippen MR) is 197 cm³/mol. The van der Waals surface area contributed by atoms with E-state index in [0.29, 0.717) is 13.0 Å². The van der Waals surface area contributed by atoms with Crippen molar-refractivity contribution in [2.24, 2.45) is 5.73 Å². The maximum absolute atomic E-state index is 12.5. The number of hydrogen-bond donors (Lipinski definition) is 2. The van der Waals surface area contributed by atoms with E-state index in [1.165, 1.54) is 135 Å². The quantitative estimate of drug-likeness (QED) is 0.0285. The minimum absolute atomic E-state index is 0.0933. The molecular weight excluding hydrogens is 613 g/mol. The van der Waals surface area contributed by atoms with Gasteiger partial charge in [0, 0.05) is 19.6 Å². The number of rotatable bonds is 38. The molecule has 47 heavy (non-hydrogen) atoms. The summed E-state index contributed by atoms with van der Waals surface area (Å²) in [6, 6.07) is 0. The Bertz CT molecular complexity index is 737. The highest BCUT2D eigenvalue weighted by molar-refractivity contribution is 7.47. The van der Waals surface area contributed by atoms with Gasteiger partial charge in [-0.3, -0.25) is 13.8 Å². The van der Waals surface area contributed by atoms with E-state index in [-0.39, 0.29) is 32.3 Å². The van der Waals surface area contributed by atoms with Gasteiger partial charge in [0.15, 0.2) is 0 Å². The predicted octanol–water partition coefficient (Wildman–Crippen LogP) is 11.1. The third-order valence-electron chi connectivity index (χ3n) is 8.43. The minimum Gasteiger partial charge on any atom is -0.457 e. The lowest BCUT2D eigenvalue weighted by Gasteiger charge is -2.20. The molecule has 0 amide bonds. The largest absolute Gasteiger partial charge is 0.472 e. The van der Waals surface area contributed by atoms with Crippen molar-refractivity contribution >= 4 is 13.8 Å². The smallest absolute Gasteiger partial charge is 0.457 e. The van der Waals surface area contributed by atoms with Crippen molar-refractivity contribution in [1.82, 2.24) is 0 Å². The van der Waals surface area contributed by atoms with Crippen molar-refractivity contribution in [3.05, 3.63) is 12.2 Å². The van der Waals surface area contributed by atoms with Crippen LogP contribution in [0.2, 0.25) is 0 Å². The molecule has 0 aliphatic heterocycles. The molecule has 0 heterocycles. The molecule has 0 aliphatic rings. The molecule has 8 nitrogen and oxygen atoms in total. The summed E-state index contributed by atoms with van der Waals surface area (Å²) in [6.45, 7) is 4.93. The van der Waals surface area contributed by atoms with Crippen LogP contribution in [-0.2, 0) is 27.9 Å². The number of hydrogen-bond acceptors (Lipinski definition) is 7. The van der Waals surface area contributed by atoms with E-state index in [4.69, 9.17) is 24.3 Å². The summed E-state index contributed by atoms with van der Waals surface area (Å²) >= 11 is 0. The first-order valence-corrected chi connectivity index (χ1v) is 21.2. The Morgan fingerprint density at radius 1 is 0.617 bits per heavy atom. The van der Waals surface area contributed by atoms with Gasteiger partial charge in [-0.2, -0.15) is 0 Å². The van der Waals surface area contributed by atoms with Gasteiger partial charge in [0.2, 0.25) is 0 Å². The number of carbonyl (C=O) groups is 1. The summed E-state index contributed by atoms with van der Waals surface area (Å²) < 4.78 is 33.3. The highest BCUT2D eigenvalue weighted by Gasteiger charge is 2.25. The molecule has 0 bridgehead atoms. The van der Waals surface area contributed by atoms with Gasteiger partial charge >= 0.3 is 13.8 Å². The van der Waals surface area contributed by atoms with Gasteiger partial charge in [-0.05, 0) is 38.5 Å². The number of allylic oxidation sites excluding steroid dienone is 2. The van der Waals surface area contributed by atoms with Crippen molar-refractivity contribution < 1.29 is 32.8 Å². The molecule has 3 N–H and O–H groups in total. The summed E-state index contributed by atoms with van der Waals surface area (Å²) in [5.41, 5.74) is 5.35. The van der Waals surface area contributed by atoms with E-state index in [1.807, 2.05) is 0 Å². The molecule has 0 aromatic carbocycles. The van der Waals surface area contributed by atoms with Crippen molar-refractivity contribution in [1.29, 1.82) is 0 Å². The molecule has 0 saturated carbocycles. The van der Waals surface area contributed by atoms with Gasteiger partial charge in [-0.25, -0.2) is 4.57 Å². The molecule has 0 radical (unpaired) electrons. The van der Waals surface area contributed by atoms with Gasteiger partial charge < -0.3 is 20.1 Å². The van der Waals surface area contributed by atoms with Gasteiger partial charge in [-0.15, -0.1) is 0 Å². The van der Waals surface area contributed by atoms with Crippen LogP contribution in [0.3, 0.4) is 0 Å². The summed E-state index contributed by atoms with van der Waals surface area (Å²) in [5.74, 6) is -0.333. The standard InChI is InChI=1S/C38H76NO7P/c1-3-5-7-9-11-13-15-16-17-18-19-20-21-23-25-27-29-31-38(40)46-37(36-45-47(41,42)44-34-32-39)35-43-33-30-28-26-24-22-14-12-10-8-6-4-2/h16-17,37H,3-15,18-36,39H2,1-2H3,(H,41,42)/b17-16-. The molecule has 0 aromatic rings. The first kappa shape index (κ1) is 46.2. The molecule has 2 atom stereocenters. The average molecular weight is 690 g/mol. The second-order valence-corrected chi connectivity index (χ2v) is 14.6. The Morgan fingerprint density at radius 3 is 1.55 bits per heavy atom. The minimum atomic E-state index is -4.26. The number of unbranched alkanes of at least 4 members (excludes halogenated alkanes) is 23. The lowest BCUT2D eigenvalue weighted by molar-refractivity contribution is -0.154. The Morgan fingerprint density at radius 2 is 1.06 bits per heavy atom. The van der Waals surface area contributed by atoms with Crippen LogP contribution in [0.5, 0.6) is 0 Å². The highest BCUT2D eigenvalue weighted by Crippen LogP contribution is 2.43. The second kappa shape index (κ2) is 36.5. The zero-order chi connectivity index (χ0) is 34.5. The zero-order valence-corrected chi connectivity index (χ0v) is 31.7. The fraction of sp³-hybridized carbons (Fsp3) is 0.921. The SMILES string of the molecule is CCCCCCCC/C=C\CCCCCCCCCC(=O)OC(COCCCCCCCCCCCCC)COP(=O)(O)OCCN. The van der Waals surface area contributed by atoms with Gasteiger partial charge in [-0.1, -0.05) is 154 Å². The Kier molecular flexibility index (Phi) is 35.9. The topological polar surface area (TPSA) is 117 Å². The van der Waals surface area contributed by atoms with Gasteiger partial charge in [0.05, 0.1) is 19.8 Å². The second-order valence-electron chi connectivity index (χ2n) is 13.1. The van der Waals surface area contributed by atoms with E-state index in [1.54, 1.807) is 0 Å². The molecule has 9 heteroatoms. The maximum Gasteiger partial charge on any atom is 0.472 e. The summed E-state index contributed by atoms with van der Waals surface area (Å²) in [5, 5.41) is 0. The van der Waals surface area contributed by atoms with Crippen LogP contribution in [0.4, 0.5) is 0 Å². The molecule has 0 fully saturated rings. The lowest BCUT2D eigenvalue weighted by atomic mass is 10.1. The Labute approximate surface area is 290 Å². The maximum atomic E-state index is 12.5. The van der Waals surface area contributed by atoms with Crippen molar-refractivity contribution in [2.75, 3.05) is 33.0 Å². The van der Waals surface area contributed by atoms with E-state index in [0.717, 1.165) is 32.1 Å². The molecule has 2 unspecified atom stereocenters. The van der Waals surface area contributed by atoms with Crippen LogP contribution >= 0.6 is 7.82 Å². The van der Waals surface area contributed by atoms with Crippen LogP contribution in [0.15, 0.2) is 12.2 Å². The van der Waals surface area contributed by atoms with E-state index >= 15 is 0 Å². The van der Waals surface area contributed by atoms with Crippen molar-refractivity contribution in [3.63, 3.8) is 0 Å². The summed E-state index contributed by atoms with van der Waals surface area (Å²) in [6.07, 6.45) is 36.5. The van der Waals surface area contributed by atoms with Crippen LogP contribution in [-0.4, -0.2) is 49.9 Å². The highest BCUT2D eigenvalue weighted by atomic mass is 31.2. The number of esters is 1. The first-order valence-electron chi connectivity index (χ1n) is 19.7. The summed E-state index contributed by atoms with van der Waals surface area (Å²) in [7, 11) is -4.26. The molecular formula is C38H76NO7P. The van der Waals surface area contributed by atoms with Gasteiger partial charge in [0.1, 0.15) is 6.10 Å². The molecule has 280 valence electrons. The zero-order valence-electron chi connectivity index (χ0n) is 30.8. The fourth-order valence-electron chi connectivity index (χ4n) is 5.52. The van der Waals surface area contributed by atoms with Crippen LogP contribution in [0.1, 0.15) is 187 Å². The number of ether oxygens (including phenoxy) is 2. The van der Waals surface area contributed by atoms with Crippen LogP contribution < -0.4 is 5.73 Å². The number of nitrogens with two attached hydrogens (primary N) is 1. The van der Waals surface area contributed by atoms with E-state index in [9.17, 15) is 14.3 Å². The van der Waals surface area contributed by atoms with E-state index in [2.05, 4.69) is 26.0 Å². The average Bonchev–Trinajstić information content (AvgIpc) is 3.06. The molecule has 0 rings (SSSR count). The number of carbonyl (C=O) groups excluding carboxylic acids is 1. The molecule has 0 aliphatic carbocycles.